The predicted octanol–water partition coefficient (Wildman–Crippen LogP) is 1.48. The molecule has 3 aliphatic rings. The summed E-state index contributed by atoms with van der Waals surface area (Å²) < 4.78 is 10.6. The highest BCUT2D eigenvalue weighted by atomic mass is 16.5. The molecule has 3 aliphatic carbocycles. The molecule has 2 aromatic rings. The Labute approximate surface area is 149 Å². The molecule has 0 bridgehead atoms. The van der Waals surface area contributed by atoms with Gasteiger partial charge in [-0.3, -0.25) is 4.79 Å². The lowest BCUT2D eigenvalue weighted by atomic mass is 9.66. The molecule has 4 atom stereocenters. The Bertz CT molecular complexity index is 1040. The van der Waals surface area contributed by atoms with Crippen molar-refractivity contribution in [3.63, 3.8) is 0 Å². The fraction of sp³-hybridized carbons (Fsp3) is 0.400. The van der Waals surface area contributed by atoms with Crippen molar-refractivity contribution in [3.05, 3.63) is 56.6 Å². The third-order valence-corrected chi connectivity index (χ3v) is 6.38. The summed E-state index contributed by atoms with van der Waals surface area (Å²) in [6.07, 6.45) is -0.775. The summed E-state index contributed by atoms with van der Waals surface area (Å²) >= 11 is 0. The summed E-state index contributed by atoms with van der Waals surface area (Å²) in [5.41, 5.74) is 2.89. The van der Waals surface area contributed by atoms with E-state index in [-0.39, 0.29) is 5.78 Å². The molecule has 0 saturated heterocycles. The van der Waals surface area contributed by atoms with Gasteiger partial charge in [-0.05, 0) is 35.6 Å². The Morgan fingerprint density at radius 1 is 1.19 bits per heavy atom. The lowest BCUT2D eigenvalue weighted by Crippen LogP contribution is -2.52. The third kappa shape index (κ3) is 1.58. The molecule has 5 rings (SSSR count). The number of fused-ring (bicyclic) bond motifs is 5. The minimum absolute atomic E-state index is 0.0590. The number of ketones is 1. The number of aliphatic hydroxyl groups excluding tert-OH is 2. The monoisotopic (exact) mass is 354 g/mol. The van der Waals surface area contributed by atoms with Crippen LogP contribution in [0, 0.1) is 0 Å². The second-order valence-electron chi connectivity index (χ2n) is 7.46. The number of Topliss-reactive ketones (excluding diaryl/α,β-unsaturated/α-hetero) is 1. The van der Waals surface area contributed by atoms with Crippen molar-refractivity contribution in [1.29, 1.82) is 0 Å². The molecule has 0 aliphatic heterocycles. The highest BCUT2D eigenvalue weighted by molar-refractivity contribution is 6.04. The molecule has 2 N–H and O–H groups in total. The summed E-state index contributed by atoms with van der Waals surface area (Å²) in [5, 5.41) is 21.8. The Morgan fingerprint density at radius 3 is 2.69 bits per heavy atom. The van der Waals surface area contributed by atoms with Gasteiger partial charge in [0.1, 0.15) is 18.5 Å². The maximum atomic E-state index is 12.7. The zero-order chi connectivity index (χ0) is 18.4. The van der Waals surface area contributed by atoms with Crippen molar-refractivity contribution >= 4 is 5.78 Å². The van der Waals surface area contributed by atoms with E-state index in [0.29, 0.717) is 40.7 Å². The molecule has 0 spiro atoms. The van der Waals surface area contributed by atoms with Gasteiger partial charge in [0.25, 0.3) is 0 Å². The molecule has 6 nitrogen and oxygen atoms in total. The van der Waals surface area contributed by atoms with Crippen molar-refractivity contribution in [2.45, 2.75) is 43.5 Å². The first-order chi connectivity index (χ1) is 12.4. The van der Waals surface area contributed by atoms with E-state index >= 15 is 0 Å². The summed E-state index contributed by atoms with van der Waals surface area (Å²) in [6.45, 7) is 1.85. The second kappa shape index (κ2) is 4.91. The van der Waals surface area contributed by atoms with E-state index in [9.17, 15) is 19.8 Å². The number of ether oxygens (including phenoxy) is 1. The van der Waals surface area contributed by atoms with Crippen LogP contribution in [0.3, 0.4) is 0 Å². The van der Waals surface area contributed by atoms with Crippen LogP contribution in [0.5, 0.6) is 0 Å². The Balaban J connectivity index is 1.95. The van der Waals surface area contributed by atoms with Crippen LogP contribution in [-0.4, -0.2) is 35.3 Å². The molecular formula is C20H18O6. The van der Waals surface area contributed by atoms with E-state index in [0.717, 1.165) is 11.1 Å². The average Bonchev–Trinajstić information content (AvgIpc) is 3.13. The van der Waals surface area contributed by atoms with E-state index < -0.39 is 29.4 Å². The van der Waals surface area contributed by atoms with Crippen molar-refractivity contribution in [1.82, 2.24) is 0 Å². The van der Waals surface area contributed by atoms with Gasteiger partial charge in [0.2, 0.25) is 0 Å². The van der Waals surface area contributed by atoms with Gasteiger partial charge in [-0.15, -0.1) is 0 Å². The molecular weight excluding hydrogens is 336 g/mol. The summed E-state index contributed by atoms with van der Waals surface area (Å²) in [5.74, 6) is 0.0590. The molecule has 0 unspecified atom stereocenters. The Kier molecular flexibility index (Phi) is 3.01. The van der Waals surface area contributed by atoms with Gasteiger partial charge in [0.15, 0.2) is 5.78 Å². The smallest absolute Gasteiger partial charge is 0.343 e. The Morgan fingerprint density at radius 2 is 1.96 bits per heavy atom. The SMILES string of the molecule is CO[C@@H]1[C@H](O)c2coc(=O)c3c2[C@@](C)(c2ccc4c(c2-3)CCC4=O)[C@@H]1O. The number of aliphatic hydroxyl groups is 2. The molecule has 0 radical (unpaired) electrons. The van der Waals surface area contributed by atoms with Crippen molar-refractivity contribution < 1.29 is 24.2 Å². The fourth-order valence-corrected chi connectivity index (χ4v) is 5.12. The third-order valence-electron chi connectivity index (χ3n) is 6.38. The highest BCUT2D eigenvalue weighted by Crippen LogP contribution is 2.57. The predicted molar refractivity (Wildman–Crippen MR) is 91.3 cm³/mol. The van der Waals surface area contributed by atoms with Crippen LogP contribution >= 0.6 is 0 Å². The standard InChI is InChI=1S/C20H18O6/c1-20-11-5-3-8-9(4-6-12(8)21)13(11)14-15(20)10(7-26-19(14)24)16(22)17(25-2)18(20)23/h3,5,7,16-18,22-23H,4,6H2,1-2H3/t16-,17-,18-,20-/m1/s1. The number of carbonyl (C=O) groups is 1. The minimum Gasteiger partial charge on any atom is -0.430 e. The highest BCUT2D eigenvalue weighted by Gasteiger charge is 2.57. The van der Waals surface area contributed by atoms with E-state index in [2.05, 4.69) is 0 Å². The molecule has 1 aromatic carbocycles. The van der Waals surface area contributed by atoms with Gasteiger partial charge in [0.05, 0.1) is 11.7 Å². The van der Waals surface area contributed by atoms with Crippen LogP contribution in [0.2, 0.25) is 0 Å². The van der Waals surface area contributed by atoms with Crippen molar-refractivity contribution in [2.75, 3.05) is 7.11 Å². The summed E-state index contributed by atoms with van der Waals surface area (Å²) in [4.78, 5) is 24.8. The van der Waals surface area contributed by atoms with E-state index in [1.807, 2.05) is 13.0 Å². The first-order valence-corrected chi connectivity index (χ1v) is 8.66. The van der Waals surface area contributed by atoms with Gasteiger partial charge in [0, 0.05) is 30.1 Å². The van der Waals surface area contributed by atoms with E-state index in [4.69, 9.17) is 9.15 Å². The normalized spacial score (nSPS) is 30.9. The van der Waals surface area contributed by atoms with Gasteiger partial charge < -0.3 is 19.4 Å². The van der Waals surface area contributed by atoms with E-state index in [1.54, 1.807) is 6.07 Å². The number of carbonyl (C=O) groups excluding carboxylic acids is 1. The topological polar surface area (TPSA) is 97.0 Å². The second-order valence-corrected chi connectivity index (χ2v) is 7.46. The van der Waals surface area contributed by atoms with Crippen LogP contribution in [0.15, 0.2) is 27.6 Å². The largest absolute Gasteiger partial charge is 0.430 e. The molecule has 0 saturated carbocycles. The molecule has 1 heterocycles. The van der Waals surface area contributed by atoms with E-state index in [1.165, 1.54) is 13.4 Å². The first kappa shape index (κ1) is 15.9. The zero-order valence-electron chi connectivity index (χ0n) is 14.4. The molecule has 6 heteroatoms. The molecule has 134 valence electrons. The summed E-state index contributed by atoms with van der Waals surface area (Å²) in [7, 11) is 1.43. The number of benzene rings is 1. The minimum atomic E-state index is -1.11. The van der Waals surface area contributed by atoms with Gasteiger partial charge >= 0.3 is 5.63 Å². The number of rotatable bonds is 1. The van der Waals surface area contributed by atoms with Crippen LogP contribution < -0.4 is 5.63 Å². The maximum Gasteiger partial charge on any atom is 0.343 e. The molecule has 0 fully saturated rings. The van der Waals surface area contributed by atoms with Gasteiger partial charge in [-0.25, -0.2) is 4.79 Å². The Hall–Kier alpha value is -2.28. The quantitative estimate of drug-likeness (QED) is 0.805. The average molecular weight is 354 g/mol. The molecule has 0 amide bonds. The summed E-state index contributed by atoms with van der Waals surface area (Å²) in [6, 6.07) is 3.59. The first-order valence-electron chi connectivity index (χ1n) is 8.66. The van der Waals surface area contributed by atoms with Crippen LogP contribution in [0.4, 0.5) is 0 Å². The van der Waals surface area contributed by atoms with Crippen LogP contribution in [0.25, 0.3) is 11.1 Å². The van der Waals surface area contributed by atoms with Crippen molar-refractivity contribution in [3.8, 4) is 11.1 Å². The number of hydrogen-bond acceptors (Lipinski definition) is 6. The lowest BCUT2D eigenvalue weighted by molar-refractivity contribution is -0.112. The zero-order valence-corrected chi connectivity index (χ0v) is 14.4. The van der Waals surface area contributed by atoms with Crippen LogP contribution in [0.1, 0.15) is 52.1 Å². The van der Waals surface area contributed by atoms with Gasteiger partial charge in [-0.1, -0.05) is 12.1 Å². The van der Waals surface area contributed by atoms with Crippen molar-refractivity contribution in [2.24, 2.45) is 0 Å². The molecule has 26 heavy (non-hydrogen) atoms. The fourth-order valence-electron chi connectivity index (χ4n) is 5.12. The number of hydrogen-bond donors (Lipinski definition) is 2. The number of methoxy groups -OCH3 is 1. The van der Waals surface area contributed by atoms with Crippen LogP contribution in [-0.2, 0) is 16.6 Å². The molecule has 1 aromatic heterocycles. The van der Waals surface area contributed by atoms with Gasteiger partial charge in [-0.2, -0.15) is 0 Å². The lowest BCUT2D eigenvalue weighted by Gasteiger charge is -2.44. The maximum absolute atomic E-state index is 12.7.